The average Bonchev–Trinajstić information content (AvgIpc) is 2.01. The third-order valence-corrected chi connectivity index (χ3v) is 3.28. The Balaban J connectivity index is 4.32. The summed E-state index contributed by atoms with van der Waals surface area (Å²) in [5.41, 5.74) is 1.60. The molecule has 0 spiro atoms. The molecule has 0 saturated heterocycles. The van der Waals surface area contributed by atoms with E-state index in [0.717, 1.165) is 0 Å². The molecule has 2 heteroatoms. The van der Waals surface area contributed by atoms with Crippen LogP contribution in [0.25, 0.3) is 0 Å². The zero-order valence-corrected chi connectivity index (χ0v) is 9.40. The van der Waals surface area contributed by atoms with Gasteiger partial charge in [-0.25, -0.2) is 3.21 Å². The topological polar surface area (TPSA) is 12.4 Å². The molecular formula is C8H16IN. The molecule has 0 aromatic heterocycles. The van der Waals surface area contributed by atoms with Crippen molar-refractivity contribution in [3.63, 3.8) is 0 Å². The van der Waals surface area contributed by atoms with E-state index >= 15 is 0 Å². The van der Waals surface area contributed by atoms with Crippen LogP contribution < -0.4 is 0 Å². The number of rotatable bonds is 3. The molecule has 10 heavy (non-hydrogen) atoms. The van der Waals surface area contributed by atoms with Gasteiger partial charge in [0.1, 0.15) is 0 Å². The van der Waals surface area contributed by atoms with Crippen molar-refractivity contribution in [2.75, 3.05) is 0 Å². The van der Waals surface area contributed by atoms with E-state index in [0.29, 0.717) is 5.41 Å². The summed E-state index contributed by atoms with van der Waals surface area (Å²) in [5, 5.41) is 0. The van der Waals surface area contributed by atoms with E-state index in [9.17, 15) is 0 Å². The summed E-state index contributed by atoms with van der Waals surface area (Å²) < 4.78 is 4.19. The van der Waals surface area contributed by atoms with Gasteiger partial charge in [-0.2, -0.15) is 0 Å². The highest BCUT2D eigenvalue weighted by Gasteiger charge is 2.22. The molecule has 0 rings (SSSR count). The van der Waals surface area contributed by atoms with E-state index in [1.54, 1.807) is 0 Å². The summed E-state index contributed by atoms with van der Waals surface area (Å²) in [6, 6.07) is 0. The summed E-state index contributed by atoms with van der Waals surface area (Å²) in [6.45, 7) is 8.81. The lowest BCUT2D eigenvalue weighted by molar-refractivity contribution is 0.432. The van der Waals surface area contributed by atoms with E-state index in [1.807, 2.05) is 0 Å². The maximum absolute atomic E-state index is 4.19. The highest BCUT2D eigenvalue weighted by Crippen LogP contribution is 2.27. The molecule has 0 aromatic carbocycles. The van der Waals surface area contributed by atoms with Gasteiger partial charge < -0.3 is 0 Å². The quantitative estimate of drug-likeness (QED) is 0.538. The van der Waals surface area contributed by atoms with Gasteiger partial charge in [-0.15, -0.1) is 0 Å². The van der Waals surface area contributed by atoms with Crippen molar-refractivity contribution in [3.05, 3.63) is 0 Å². The Morgan fingerprint density at radius 1 is 1.40 bits per heavy atom. The van der Waals surface area contributed by atoms with Gasteiger partial charge in [0.2, 0.25) is 0 Å². The van der Waals surface area contributed by atoms with Crippen molar-refractivity contribution < 1.29 is 0 Å². The van der Waals surface area contributed by atoms with Crippen LogP contribution in [-0.2, 0) is 0 Å². The van der Waals surface area contributed by atoms with Crippen molar-refractivity contribution >= 4 is 28.6 Å². The Kier molecular flexibility index (Phi) is 4.49. The van der Waals surface area contributed by atoms with Crippen LogP contribution in [0, 0.1) is 5.41 Å². The summed E-state index contributed by atoms with van der Waals surface area (Å²) in [4.78, 5) is 0. The van der Waals surface area contributed by atoms with Gasteiger partial charge in [-0.1, -0.05) is 20.8 Å². The smallest absolute Gasteiger partial charge is 0.0830 e. The van der Waals surface area contributed by atoms with Gasteiger partial charge in [0.05, 0.1) is 22.9 Å². The molecule has 0 fully saturated rings. The average molecular weight is 253 g/mol. The van der Waals surface area contributed by atoms with Crippen LogP contribution in [0.5, 0.6) is 0 Å². The minimum absolute atomic E-state index is 0.335. The van der Waals surface area contributed by atoms with Gasteiger partial charge in [-0.3, -0.25) is 0 Å². The van der Waals surface area contributed by atoms with Crippen LogP contribution in [0.1, 0.15) is 40.5 Å². The molecule has 0 saturated carbocycles. The molecule has 0 bridgehead atoms. The third-order valence-electron chi connectivity index (χ3n) is 2.56. The summed E-state index contributed by atoms with van der Waals surface area (Å²) in [5.74, 6) is 0. The molecule has 1 nitrogen and oxygen atoms in total. The first-order valence-electron chi connectivity index (χ1n) is 3.76. The standard InChI is InChI=1S/C8H16IN/c1-5-8(4,6-2)7(3)10-9/h5-6H2,1-4H3/b10-7+. The van der Waals surface area contributed by atoms with Gasteiger partial charge in [0.15, 0.2) is 0 Å². The fourth-order valence-corrected chi connectivity index (χ4v) is 1.45. The van der Waals surface area contributed by atoms with Gasteiger partial charge in [0.25, 0.3) is 0 Å². The zero-order chi connectivity index (χ0) is 8.20. The van der Waals surface area contributed by atoms with Crippen molar-refractivity contribution in [1.29, 1.82) is 0 Å². The van der Waals surface area contributed by atoms with Crippen molar-refractivity contribution in [2.24, 2.45) is 8.62 Å². The predicted molar refractivity (Wildman–Crippen MR) is 55.8 cm³/mol. The lowest BCUT2D eigenvalue weighted by atomic mass is 9.81. The summed E-state index contributed by atoms with van der Waals surface area (Å²) in [6.07, 6.45) is 2.36. The molecule has 0 heterocycles. The molecule has 0 aliphatic carbocycles. The molecule has 0 unspecified atom stereocenters. The number of hydrogen-bond donors (Lipinski definition) is 0. The second-order valence-corrected chi connectivity index (χ2v) is 3.42. The molecule has 0 amide bonds. The zero-order valence-electron chi connectivity index (χ0n) is 7.24. The minimum Gasteiger partial charge on any atom is -0.224 e. The number of nitrogens with zero attached hydrogens (tertiary/aromatic N) is 1. The van der Waals surface area contributed by atoms with Gasteiger partial charge >= 0.3 is 0 Å². The van der Waals surface area contributed by atoms with Crippen LogP contribution >= 0.6 is 22.9 Å². The lowest BCUT2D eigenvalue weighted by Gasteiger charge is -2.25. The first kappa shape index (κ1) is 10.4. The molecule has 0 atom stereocenters. The van der Waals surface area contributed by atoms with Crippen LogP contribution in [0.15, 0.2) is 3.21 Å². The Labute approximate surface area is 77.8 Å². The largest absolute Gasteiger partial charge is 0.224 e. The highest BCUT2D eigenvalue weighted by atomic mass is 127. The van der Waals surface area contributed by atoms with Crippen LogP contribution in [0.3, 0.4) is 0 Å². The summed E-state index contributed by atoms with van der Waals surface area (Å²) in [7, 11) is 0. The molecular weight excluding hydrogens is 237 g/mol. The Morgan fingerprint density at radius 2 is 1.80 bits per heavy atom. The highest BCUT2D eigenvalue weighted by molar-refractivity contribution is 14.1. The lowest BCUT2D eigenvalue weighted by Crippen LogP contribution is -2.22. The number of halogens is 1. The SMILES string of the molecule is CCC(C)(CC)/C(C)=N/I. The molecule has 0 aromatic rings. The normalized spacial score (nSPS) is 13.9. The molecule has 60 valence electrons. The second kappa shape index (κ2) is 4.31. The fourth-order valence-electron chi connectivity index (χ4n) is 0.864. The van der Waals surface area contributed by atoms with Crippen molar-refractivity contribution in [3.8, 4) is 0 Å². The molecule has 0 radical (unpaired) electrons. The van der Waals surface area contributed by atoms with Gasteiger partial charge in [0, 0.05) is 11.1 Å². The van der Waals surface area contributed by atoms with E-state index < -0.39 is 0 Å². The first-order chi connectivity index (χ1) is 4.60. The van der Waals surface area contributed by atoms with E-state index in [-0.39, 0.29) is 0 Å². The Morgan fingerprint density at radius 3 is 1.90 bits per heavy atom. The predicted octanol–water partition coefficient (Wildman–Crippen LogP) is 3.62. The molecule has 0 N–H and O–H groups in total. The van der Waals surface area contributed by atoms with Crippen LogP contribution in [-0.4, -0.2) is 5.71 Å². The maximum Gasteiger partial charge on any atom is 0.0830 e. The van der Waals surface area contributed by atoms with E-state index in [1.165, 1.54) is 18.6 Å². The Bertz CT molecular complexity index is 125. The van der Waals surface area contributed by atoms with E-state index in [4.69, 9.17) is 0 Å². The monoisotopic (exact) mass is 253 g/mol. The van der Waals surface area contributed by atoms with Crippen molar-refractivity contribution in [2.45, 2.75) is 40.5 Å². The summed E-state index contributed by atoms with van der Waals surface area (Å²) >= 11 is 2.07. The van der Waals surface area contributed by atoms with Crippen molar-refractivity contribution in [1.82, 2.24) is 0 Å². The fraction of sp³-hybridized carbons (Fsp3) is 0.875. The minimum atomic E-state index is 0.335. The van der Waals surface area contributed by atoms with Crippen LogP contribution in [0.4, 0.5) is 0 Å². The third kappa shape index (κ3) is 2.22. The number of hydrogen-bond acceptors (Lipinski definition) is 1. The second-order valence-electron chi connectivity index (χ2n) is 2.94. The van der Waals surface area contributed by atoms with Crippen LogP contribution in [0.2, 0.25) is 0 Å². The molecule has 0 aliphatic heterocycles. The van der Waals surface area contributed by atoms with Gasteiger partial charge in [-0.05, 0) is 19.8 Å². The maximum atomic E-state index is 4.19. The van der Waals surface area contributed by atoms with E-state index in [2.05, 4.69) is 53.8 Å². The molecule has 0 aliphatic rings. The Hall–Kier alpha value is 0.400. The first-order valence-corrected chi connectivity index (χ1v) is 4.73.